The fourth-order valence-electron chi connectivity index (χ4n) is 3.57. The molecule has 166 valence electrons. The van der Waals surface area contributed by atoms with Crippen molar-refractivity contribution in [2.45, 2.75) is 18.7 Å². The Morgan fingerprint density at radius 1 is 1.12 bits per heavy atom. The molecular formula is C22H21ClN4O4S. The van der Waals surface area contributed by atoms with Crippen molar-refractivity contribution < 1.29 is 17.7 Å². The van der Waals surface area contributed by atoms with Crippen LogP contribution in [0.5, 0.6) is 0 Å². The predicted octanol–water partition coefficient (Wildman–Crippen LogP) is 4.69. The summed E-state index contributed by atoms with van der Waals surface area (Å²) in [7, 11) is -3.62. The lowest BCUT2D eigenvalue weighted by Gasteiger charge is -2.09. The highest BCUT2D eigenvalue weighted by atomic mass is 35.5. The number of hydrogen-bond acceptors (Lipinski definition) is 5. The largest absolute Gasteiger partial charge is 0.359 e. The molecule has 4 aromatic rings. The Bertz CT molecular complexity index is 1410. The number of hydrogen-bond donors (Lipinski definition) is 3. The van der Waals surface area contributed by atoms with Gasteiger partial charge in [0.25, 0.3) is 0 Å². The first kappa shape index (κ1) is 21.9. The number of aryl methyl sites for hydroxylation is 2. The standard InChI is InChI=1S/C22H21ClN4O4S/c1-13-21(16-8-4-6-10-18(16)25-13)32(29,30)12-11-24-22(28)26-19-14(2)31-27-20(19)15-7-3-5-9-17(15)23/h3-10,25H,11-12H2,1-2H3,(H2,24,26,28). The van der Waals surface area contributed by atoms with Gasteiger partial charge in [0.05, 0.1) is 15.7 Å². The van der Waals surface area contributed by atoms with Crippen molar-refractivity contribution in [3.05, 3.63) is 65.0 Å². The van der Waals surface area contributed by atoms with Crippen LogP contribution in [0.1, 0.15) is 11.5 Å². The highest BCUT2D eigenvalue weighted by Crippen LogP contribution is 2.34. The number of para-hydroxylation sites is 1. The minimum absolute atomic E-state index is 0.0706. The normalized spacial score (nSPS) is 11.6. The van der Waals surface area contributed by atoms with E-state index in [4.69, 9.17) is 16.1 Å². The first-order valence-electron chi connectivity index (χ1n) is 9.84. The number of carbonyl (C=O) groups excluding carboxylic acids is 1. The lowest BCUT2D eigenvalue weighted by atomic mass is 10.1. The van der Waals surface area contributed by atoms with Crippen LogP contribution in [0.2, 0.25) is 5.02 Å². The molecule has 0 aliphatic carbocycles. The van der Waals surface area contributed by atoms with Gasteiger partial charge in [-0.15, -0.1) is 0 Å². The van der Waals surface area contributed by atoms with Crippen LogP contribution in [0.25, 0.3) is 22.2 Å². The van der Waals surface area contributed by atoms with Crippen LogP contribution in [0.4, 0.5) is 10.5 Å². The van der Waals surface area contributed by atoms with Gasteiger partial charge in [-0.05, 0) is 26.0 Å². The summed E-state index contributed by atoms with van der Waals surface area (Å²) in [4.78, 5) is 15.8. The molecule has 0 atom stereocenters. The molecule has 8 nitrogen and oxygen atoms in total. The number of anilines is 1. The Morgan fingerprint density at radius 3 is 2.62 bits per heavy atom. The molecule has 0 saturated heterocycles. The van der Waals surface area contributed by atoms with Crippen LogP contribution in [-0.2, 0) is 9.84 Å². The number of aromatic nitrogens is 2. The Hall–Kier alpha value is -3.30. The number of benzene rings is 2. The van der Waals surface area contributed by atoms with Gasteiger partial charge >= 0.3 is 6.03 Å². The number of aromatic amines is 1. The van der Waals surface area contributed by atoms with E-state index in [-0.39, 0.29) is 17.2 Å². The Kier molecular flexibility index (Phi) is 5.94. The van der Waals surface area contributed by atoms with Gasteiger partial charge in [-0.25, -0.2) is 13.2 Å². The third kappa shape index (κ3) is 4.21. The van der Waals surface area contributed by atoms with E-state index in [0.29, 0.717) is 38.8 Å². The van der Waals surface area contributed by atoms with Crippen LogP contribution >= 0.6 is 11.6 Å². The maximum Gasteiger partial charge on any atom is 0.319 e. The predicted molar refractivity (Wildman–Crippen MR) is 124 cm³/mol. The van der Waals surface area contributed by atoms with E-state index in [9.17, 15) is 13.2 Å². The summed E-state index contributed by atoms with van der Waals surface area (Å²) in [5.41, 5.74) is 2.69. The number of rotatable bonds is 6. The van der Waals surface area contributed by atoms with E-state index in [1.807, 2.05) is 12.1 Å². The molecule has 10 heteroatoms. The summed E-state index contributed by atoms with van der Waals surface area (Å²) < 4.78 is 31.1. The number of urea groups is 1. The van der Waals surface area contributed by atoms with E-state index in [1.54, 1.807) is 50.2 Å². The molecule has 0 aliphatic heterocycles. The van der Waals surface area contributed by atoms with E-state index in [0.717, 1.165) is 5.52 Å². The number of H-pyrrole nitrogens is 1. The zero-order valence-corrected chi connectivity index (χ0v) is 19.0. The third-order valence-corrected chi connectivity index (χ3v) is 7.25. The minimum Gasteiger partial charge on any atom is -0.359 e. The number of sulfone groups is 1. The van der Waals surface area contributed by atoms with Crippen molar-refractivity contribution in [1.29, 1.82) is 0 Å². The quantitative estimate of drug-likeness (QED) is 0.376. The van der Waals surface area contributed by atoms with Gasteiger partial charge in [0, 0.05) is 28.7 Å². The molecule has 0 spiro atoms. The van der Waals surface area contributed by atoms with E-state index in [1.165, 1.54) is 0 Å². The smallest absolute Gasteiger partial charge is 0.319 e. The molecule has 0 aliphatic rings. The van der Waals surface area contributed by atoms with Gasteiger partial charge < -0.3 is 20.1 Å². The van der Waals surface area contributed by atoms with Crippen LogP contribution in [-0.4, -0.2) is 36.9 Å². The molecule has 0 radical (unpaired) electrons. The summed E-state index contributed by atoms with van der Waals surface area (Å²) >= 11 is 6.23. The molecule has 0 saturated carbocycles. The number of nitrogens with one attached hydrogen (secondary N) is 3. The zero-order valence-electron chi connectivity index (χ0n) is 17.4. The van der Waals surface area contributed by atoms with E-state index in [2.05, 4.69) is 20.8 Å². The SMILES string of the molecule is Cc1[nH]c2ccccc2c1S(=O)(=O)CCNC(=O)Nc1c(-c2ccccc2Cl)noc1C. The Morgan fingerprint density at radius 2 is 1.84 bits per heavy atom. The van der Waals surface area contributed by atoms with Crippen LogP contribution < -0.4 is 10.6 Å². The molecule has 4 rings (SSSR count). The third-order valence-electron chi connectivity index (χ3n) is 5.03. The molecule has 32 heavy (non-hydrogen) atoms. The molecule has 0 unspecified atom stereocenters. The monoisotopic (exact) mass is 472 g/mol. The van der Waals surface area contributed by atoms with Gasteiger partial charge in [0.1, 0.15) is 11.4 Å². The number of fused-ring (bicyclic) bond motifs is 1. The maximum absolute atomic E-state index is 12.9. The van der Waals surface area contributed by atoms with E-state index >= 15 is 0 Å². The number of halogens is 1. The molecule has 0 bridgehead atoms. The summed E-state index contributed by atoms with van der Waals surface area (Å²) in [6.45, 7) is 3.31. The lowest BCUT2D eigenvalue weighted by molar-refractivity contribution is 0.252. The number of nitrogens with zero attached hydrogens (tertiary/aromatic N) is 1. The Balaban J connectivity index is 1.45. The topological polar surface area (TPSA) is 117 Å². The fourth-order valence-corrected chi connectivity index (χ4v) is 5.40. The summed E-state index contributed by atoms with van der Waals surface area (Å²) in [6, 6.07) is 13.7. The van der Waals surface area contributed by atoms with Crippen molar-refractivity contribution in [1.82, 2.24) is 15.5 Å². The van der Waals surface area contributed by atoms with Gasteiger partial charge in [0.15, 0.2) is 15.6 Å². The van der Waals surface area contributed by atoms with Crippen molar-refractivity contribution >= 4 is 44.1 Å². The highest BCUT2D eigenvalue weighted by Gasteiger charge is 2.23. The first-order valence-corrected chi connectivity index (χ1v) is 11.9. The molecule has 2 heterocycles. The maximum atomic E-state index is 12.9. The summed E-state index contributed by atoms with van der Waals surface area (Å²) in [6.07, 6.45) is 0. The Labute approximate surface area is 189 Å². The summed E-state index contributed by atoms with van der Waals surface area (Å²) in [5, 5.41) is 10.4. The van der Waals surface area contributed by atoms with Gasteiger partial charge in [-0.2, -0.15) is 0 Å². The lowest BCUT2D eigenvalue weighted by Crippen LogP contribution is -2.33. The van der Waals surface area contributed by atoms with Crippen molar-refractivity contribution in [2.75, 3.05) is 17.6 Å². The number of amides is 2. The van der Waals surface area contributed by atoms with Crippen LogP contribution in [0.3, 0.4) is 0 Å². The van der Waals surface area contributed by atoms with Crippen molar-refractivity contribution in [3.8, 4) is 11.3 Å². The molecule has 2 aromatic carbocycles. The average molecular weight is 473 g/mol. The second kappa shape index (κ2) is 8.68. The molecule has 2 aromatic heterocycles. The van der Waals surface area contributed by atoms with Gasteiger partial charge in [-0.1, -0.05) is 53.2 Å². The second-order valence-electron chi connectivity index (χ2n) is 7.27. The zero-order chi connectivity index (χ0) is 22.9. The molecule has 0 fully saturated rings. The van der Waals surface area contributed by atoms with Crippen LogP contribution in [0.15, 0.2) is 57.9 Å². The van der Waals surface area contributed by atoms with Crippen molar-refractivity contribution in [3.63, 3.8) is 0 Å². The second-order valence-corrected chi connectivity index (χ2v) is 9.72. The summed E-state index contributed by atoms with van der Waals surface area (Å²) in [5.74, 6) is 0.153. The molecule has 2 amide bonds. The molecular weight excluding hydrogens is 452 g/mol. The average Bonchev–Trinajstić information content (AvgIpc) is 3.27. The van der Waals surface area contributed by atoms with Crippen LogP contribution in [0, 0.1) is 13.8 Å². The first-order chi connectivity index (χ1) is 15.3. The van der Waals surface area contributed by atoms with Gasteiger partial charge in [-0.3, -0.25) is 0 Å². The molecule has 3 N–H and O–H groups in total. The van der Waals surface area contributed by atoms with Crippen molar-refractivity contribution in [2.24, 2.45) is 0 Å². The number of carbonyl (C=O) groups is 1. The minimum atomic E-state index is -3.62. The fraction of sp³-hybridized carbons (Fsp3) is 0.182. The highest BCUT2D eigenvalue weighted by molar-refractivity contribution is 7.91. The van der Waals surface area contributed by atoms with E-state index < -0.39 is 15.9 Å². The van der Waals surface area contributed by atoms with Gasteiger partial charge in [0.2, 0.25) is 0 Å².